The Morgan fingerprint density at radius 3 is 1.77 bits per heavy atom. The zero-order chi connectivity index (χ0) is 50.5. The number of carbonyl (C=O) groups is 7. The fourth-order valence-electron chi connectivity index (χ4n) is 7.18. The number of benzene rings is 2. The maximum absolute atomic E-state index is 14.7. The second kappa shape index (κ2) is 24.0. The Balaban J connectivity index is 2.29. The lowest BCUT2D eigenvalue weighted by Gasteiger charge is -2.42. The lowest BCUT2D eigenvalue weighted by atomic mass is 9.76. The lowest BCUT2D eigenvalue weighted by molar-refractivity contribution is -0.142. The Morgan fingerprint density at radius 1 is 0.697 bits per heavy atom. The SMILES string of the molecule is CCOC(=O)/C(C)=C/[C@H](C(C)C)N(C)C(=O)[C@@H](NC(=O)[C@@H](N(C)C(=O)OCc1ccc(NC(=O)[C@H](C)NC(=O)[C@@H](NC(=O)OC(C)(C)C)C(C)C)cc1)C(C)(C)c1ccccc1)C(C)(C)C. The maximum Gasteiger partial charge on any atom is 0.410 e. The fraction of sp³-hybridized carbons (Fsp3) is 0.580. The van der Waals surface area contributed by atoms with E-state index < -0.39 is 82.5 Å². The maximum atomic E-state index is 14.7. The summed E-state index contributed by atoms with van der Waals surface area (Å²) in [6.07, 6.45) is 0.166. The summed E-state index contributed by atoms with van der Waals surface area (Å²) in [5, 5.41) is 11.0. The van der Waals surface area contributed by atoms with E-state index in [2.05, 4.69) is 21.3 Å². The average Bonchev–Trinajstić information content (AvgIpc) is 3.21. The fourth-order valence-corrected chi connectivity index (χ4v) is 7.18. The number of likely N-dealkylation sites (N-methyl/N-ethyl adjacent to an activating group) is 2. The van der Waals surface area contributed by atoms with Gasteiger partial charge in [0.25, 0.3) is 0 Å². The van der Waals surface area contributed by atoms with Crippen molar-refractivity contribution in [1.29, 1.82) is 0 Å². The van der Waals surface area contributed by atoms with Crippen LogP contribution in [0.15, 0.2) is 66.2 Å². The molecule has 16 heteroatoms. The molecule has 2 rings (SSSR count). The summed E-state index contributed by atoms with van der Waals surface area (Å²) < 4.78 is 16.2. The molecule has 2 aromatic rings. The highest BCUT2D eigenvalue weighted by Crippen LogP contribution is 2.32. The van der Waals surface area contributed by atoms with Crippen LogP contribution in [-0.4, -0.2) is 108 Å². The van der Waals surface area contributed by atoms with E-state index in [0.29, 0.717) is 16.8 Å². The highest BCUT2D eigenvalue weighted by Gasteiger charge is 2.45. The summed E-state index contributed by atoms with van der Waals surface area (Å²) in [5.41, 5.74) is -0.395. The van der Waals surface area contributed by atoms with Crippen molar-refractivity contribution in [3.63, 3.8) is 0 Å². The molecule has 0 saturated heterocycles. The van der Waals surface area contributed by atoms with Crippen molar-refractivity contribution in [2.75, 3.05) is 26.0 Å². The number of rotatable bonds is 19. The third kappa shape index (κ3) is 16.5. The number of anilines is 1. The van der Waals surface area contributed by atoms with Gasteiger partial charge in [-0.1, -0.05) is 111 Å². The van der Waals surface area contributed by atoms with Crippen molar-refractivity contribution in [1.82, 2.24) is 25.8 Å². The standard InChI is InChI=1S/C50H76N6O10/c1-18-64-45(61)32(6)28-37(30(2)3)55(16)44(60)39(48(8,9)10)54-43(59)40(50(14,15)35-22-20-19-21-23-35)56(17)47(63)65-29-34-24-26-36(27-25-34)52-41(57)33(7)51-42(58)38(31(4)5)53-46(62)66-49(11,12)13/h19-28,30-31,33,37-40H,18,29H2,1-17H3,(H,51,58)(H,52,57)(H,53,62)(H,54,59)/b32-28+/t33-,37+,38-,39+,40+/m0/s1. The second-order valence-electron chi connectivity index (χ2n) is 20.0. The van der Waals surface area contributed by atoms with Crippen LogP contribution in [0.3, 0.4) is 0 Å². The molecule has 0 radical (unpaired) electrons. The van der Waals surface area contributed by atoms with Crippen LogP contribution in [0.2, 0.25) is 0 Å². The molecule has 0 aliphatic rings. The smallest absolute Gasteiger partial charge is 0.410 e. The van der Waals surface area contributed by atoms with Crippen LogP contribution in [0, 0.1) is 17.3 Å². The van der Waals surface area contributed by atoms with Crippen molar-refractivity contribution < 1.29 is 47.8 Å². The van der Waals surface area contributed by atoms with E-state index in [-0.39, 0.29) is 31.0 Å². The Bertz CT molecular complexity index is 2020. The summed E-state index contributed by atoms with van der Waals surface area (Å²) >= 11 is 0. The third-order valence-electron chi connectivity index (χ3n) is 11.0. The van der Waals surface area contributed by atoms with E-state index in [0.717, 1.165) is 5.56 Å². The third-order valence-corrected chi connectivity index (χ3v) is 11.0. The average molecular weight is 921 g/mol. The Labute approximate surface area is 392 Å². The molecule has 5 atom stereocenters. The van der Waals surface area contributed by atoms with Crippen LogP contribution in [0.4, 0.5) is 15.3 Å². The number of hydrogen-bond acceptors (Lipinski definition) is 10. The molecule has 2 aromatic carbocycles. The second-order valence-corrected chi connectivity index (χ2v) is 20.0. The predicted octanol–water partition coefficient (Wildman–Crippen LogP) is 7.12. The van der Waals surface area contributed by atoms with Gasteiger partial charge in [-0.3, -0.25) is 24.1 Å². The van der Waals surface area contributed by atoms with E-state index in [4.69, 9.17) is 14.2 Å². The zero-order valence-electron chi connectivity index (χ0n) is 42.2. The molecule has 0 heterocycles. The zero-order valence-corrected chi connectivity index (χ0v) is 42.2. The summed E-state index contributed by atoms with van der Waals surface area (Å²) in [4.78, 5) is 96.8. The van der Waals surface area contributed by atoms with Crippen molar-refractivity contribution in [2.24, 2.45) is 17.3 Å². The van der Waals surface area contributed by atoms with Crippen LogP contribution >= 0.6 is 0 Å². The molecular weight excluding hydrogens is 845 g/mol. The molecule has 16 nitrogen and oxygen atoms in total. The Kier molecular flexibility index (Phi) is 20.5. The first-order valence-electron chi connectivity index (χ1n) is 22.5. The highest BCUT2D eigenvalue weighted by atomic mass is 16.6. The molecular formula is C50H76N6O10. The summed E-state index contributed by atoms with van der Waals surface area (Å²) in [5.74, 6) is -2.87. The molecule has 66 heavy (non-hydrogen) atoms. The first-order chi connectivity index (χ1) is 30.4. The van der Waals surface area contributed by atoms with Gasteiger partial charge in [0, 0.05) is 30.8 Å². The number of nitrogens with zero attached hydrogens (tertiary/aromatic N) is 2. The van der Waals surface area contributed by atoms with Crippen molar-refractivity contribution in [2.45, 2.75) is 152 Å². The molecule has 6 amide bonds. The van der Waals surface area contributed by atoms with Crippen LogP contribution in [-0.2, 0) is 50.2 Å². The van der Waals surface area contributed by atoms with Gasteiger partial charge in [0.15, 0.2) is 0 Å². The minimum Gasteiger partial charge on any atom is -0.463 e. The van der Waals surface area contributed by atoms with E-state index in [1.54, 1.807) is 85.9 Å². The Morgan fingerprint density at radius 2 is 1.27 bits per heavy atom. The number of alkyl carbamates (subject to hydrolysis) is 1. The molecule has 0 fully saturated rings. The van der Waals surface area contributed by atoms with Crippen LogP contribution in [0.25, 0.3) is 0 Å². The molecule has 0 bridgehead atoms. The van der Waals surface area contributed by atoms with Crippen LogP contribution in [0.5, 0.6) is 0 Å². The van der Waals surface area contributed by atoms with Crippen molar-refractivity contribution in [3.8, 4) is 0 Å². The largest absolute Gasteiger partial charge is 0.463 e. The predicted molar refractivity (Wildman–Crippen MR) is 255 cm³/mol. The van der Waals surface area contributed by atoms with Gasteiger partial charge in [-0.15, -0.1) is 0 Å². The van der Waals surface area contributed by atoms with Gasteiger partial charge < -0.3 is 40.4 Å². The first-order valence-corrected chi connectivity index (χ1v) is 22.5. The van der Waals surface area contributed by atoms with Gasteiger partial charge in [-0.05, 0) is 82.1 Å². The lowest BCUT2D eigenvalue weighted by Crippen LogP contribution is -2.63. The molecule has 0 aliphatic heterocycles. The van der Waals surface area contributed by atoms with E-state index in [9.17, 15) is 33.6 Å². The van der Waals surface area contributed by atoms with Crippen LogP contribution < -0.4 is 21.3 Å². The summed E-state index contributed by atoms with van der Waals surface area (Å²) in [6, 6.07) is 11.2. The topological polar surface area (TPSA) is 202 Å². The van der Waals surface area contributed by atoms with Crippen molar-refractivity contribution in [3.05, 3.63) is 77.4 Å². The normalized spacial score (nSPS) is 14.4. The number of amides is 6. The van der Waals surface area contributed by atoms with Gasteiger partial charge in [0.2, 0.25) is 23.6 Å². The van der Waals surface area contributed by atoms with Gasteiger partial charge in [-0.25, -0.2) is 14.4 Å². The van der Waals surface area contributed by atoms with E-state index >= 15 is 0 Å². The molecule has 4 N–H and O–H groups in total. The molecule has 0 aliphatic carbocycles. The molecule has 366 valence electrons. The molecule has 0 unspecified atom stereocenters. The number of nitrogens with one attached hydrogen (secondary N) is 4. The summed E-state index contributed by atoms with van der Waals surface area (Å²) in [6.45, 7) is 26.7. The number of carbonyl (C=O) groups excluding carboxylic acids is 7. The van der Waals surface area contributed by atoms with E-state index in [1.807, 2.05) is 78.8 Å². The molecule has 0 aromatic heterocycles. The number of esters is 1. The minimum absolute atomic E-state index is 0.0939. The Hall–Kier alpha value is -5.93. The van der Waals surface area contributed by atoms with E-state index in [1.165, 1.54) is 23.8 Å². The monoisotopic (exact) mass is 921 g/mol. The first kappa shape index (κ1) is 56.2. The quantitative estimate of drug-likeness (QED) is 0.0639. The van der Waals surface area contributed by atoms with Gasteiger partial charge in [0.1, 0.15) is 36.4 Å². The molecule has 0 saturated carbocycles. The van der Waals surface area contributed by atoms with Gasteiger partial charge in [-0.2, -0.15) is 0 Å². The van der Waals surface area contributed by atoms with Gasteiger partial charge in [0.05, 0.1) is 12.6 Å². The van der Waals surface area contributed by atoms with Crippen LogP contribution in [0.1, 0.15) is 115 Å². The number of hydrogen-bond donors (Lipinski definition) is 4. The van der Waals surface area contributed by atoms with Crippen molar-refractivity contribution >= 4 is 47.5 Å². The van der Waals surface area contributed by atoms with Gasteiger partial charge >= 0.3 is 18.2 Å². The minimum atomic E-state index is -1.16. The molecule has 0 spiro atoms. The number of ether oxygens (including phenoxy) is 3. The highest BCUT2D eigenvalue weighted by molar-refractivity contribution is 5.98. The summed E-state index contributed by atoms with van der Waals surface area (Å²) in [7, 11) is 3.12.